The second kappa shape index (κ2) is 8.76. The van der Waals surface area contributed by atoms with E-state index in [2.05, 4.69) is 10.2 Å². The van der Waals surface area contributed by atoms with Crippen LogP contribution in [0.3, 0.4) is 0 Å². The zero-order chi connectivity index (χ0) is 24.7. The first-order chi connectivity index (χ1) is 16.8. The quantitative estimate of drug-likeness (QED) is 0.628. The largest absolute Gasteiger partial charge is 0.368 e. The van der Waals surface area contributed by atoms with Gasteiger partial charge in [-0.25, -0.2) is 14.4 Å². The lowest BCUT2D eigenvalue weighted by molar-refractivity contribution is -0.124. The molecule has 2 aliphatic rings. The SMILES string of the molecule is CC(C)[C@]1(C)N=C(c2nc3ccccc3cc2C(=O)N2CCN(c3ccc(F)cc3)CC2)NC1=O. The Labute approximate surface area is 203 Å². The molecule has 5 rings (SSSR count). The summed E-state index contributed by atoms with van der Waals surface area (Å²) < 4.78 is 13.3. The van der Waals surface area contributed by atoms with E-state index in [0.717, 1.165) is 16.6 Å². The van der Waals surface area contributed by atoms with Gasteiger partial charge in [-0.3, -0.25) is 9.59 Å². The number of hydrogen-bond acceptors (Lipinski definition) is 5. The lowest BCUT2D eigenvalue weighted by atomic mass is 9.89. The first-order valence-electron chi connectivity index (χ1n) is 11.9. The van der Waals surface area contributed by atoms with Crippen LogP contribution in [0, 0.1) is 11.7 Å². The number of fused-ring (bicyclic) bond motifs is 1. The lowest BCUT2D eigenvalue weighted by Gasteiger charge is -2.36. The molecule has 1 fully saturated rings. The molecule has 2 aromatic carbocycles. The second-order valence-corrected chi connectivity index (χ2v) is 9.55. The maximum Gasteiger partial charge on any atom is 0.256 e. The van der Waals surface area contributed by atoms with Crippen molar-refractivity contribution in [2.24, 2.45) is 10.9 Å². The Morgan fingerprint density at radius 3 is 2.40 bits per heavy atom. The highest BCUT2D eigenvalue weighted by atomic mass is 19.1. The van der Waals surface area contributed by atoms with Gasteiger partial charge in [0.25, 0.3) is 11.8 Å². The molecule has 1 saturated heterocycles. The van der Waals surface area contributed by atoms with Crippen LogP contribution in [-0.4, -0.2) is 59.3 Å². The van der Waals surface area contributed by atoms with Crippen molar-refractivity contribution in [1.29, 1.82) is 0 Å². The van der Waals surface area contributed by atoms with Gasteiger partial charge in [-0.05, 0) is 49.2 Å². The van der Waals surface area contributed by atoms with E-state index in [-0.39, 0.29) is 23.5 Å². The summed E-state index contributed by atoms with van der Waals surface area (Å²) in [5.41, 5.74) is 1.57. The van der Waals surface area contributed by atoms with Crippen LogP contribution in [0.2, 0.25) is 0 Å². The van der Waals surface area contributed by atoms with E-state index in [1.807, 2.05) is 44.2 Å². The third-order valence-electron chi connectivity index (χ3n) is 7.10. The Morgan fingerprint density at radius 2 is 1.74 bits per heavy atom. The van der Waals surface area contributed by atoms with Crippen LogP contribution >= 0.6 is 0 Å². The van der Waals surface area contributed by atoms with Gasteiger partial charge in [0.15, 0.2) is 5.84 Å². The fourth-order valence-corrected chi connectivity index (χ4v) is 4.50. The number of nitrogens with zero attached hydrogens (tertiary/aromatic N) is 4. The Bertz CT molecular complexity index is 1330. The topological polar surface area (TPSA) is 77.9 Å². The zero-order valence-corrected chi connectivity index (χ0v) is 20.1. The maximum absolute atomic E-state index is 13.7. The van der Waals surface area contributed by atoms with Gasteiger partial charge in [-0.2, -0.15) is 0 Å². The van der Waals surface area contributed by atoms with E-state index in [0.29, 0.717) is 43.3 Å². The summed E-state index contributed by atoms with van der Waals surface area (Å²) in [5, 5.41) is 3.73. The molecule has 3 aromatic rings. The molecule has 180 valence electrons. The predicted molar refractivity (Wildman–Crippen MR) is 134 cm³/mol. The number of anilines is 1. The number of piperazine rings is 1. The normalized spacial score (nSPS) is 20.4. The average molecular weight is 474 g/mol. The molecular weight excluding hydrogens is 445 g/mol. The third kappa shape index (κ3) is 4.13. The number of para-hydroxylation sites is 1. The fourth-order valence-electron chi connectivity index (χ4n) is 4.50. The molecule has 0 unspecified atom stereocenters. The van der Waals surface area contributed by atoms with Crippen molar-refractivity contribution in [3.63, 3.8) is 0 Å². The van der Waals surface area contributed by atoms with Crippen LogP contribution in [0.25, 0.3) is 10.9 Å². The van der Waals surface area contributed by atoms with E-state index >= 15 is 0 Å². The van der Waals surface area contributed by atoms with Gasteiger partial charge in [0.05, 0.1) is 11.1 Å². The summed E-state index contributed by atoms with van der Waals surface area (Å²) in [4.78, 5) is 39.9. The maximum atomic E-state index is 13.7. The van der Waals surface area contributed by atoms with Crippen molar-refractivity contribution >= 4 is 34.2 Å². The molecule has 0 bridgehead atoms. The first kappa shape index (κ1) is 23.0. The number of aliphatic imine (C=N–C) groups is 1. The van der Waals surface area contributed by atoms with Crippen molar-refractivity contribution in [2.75, 3.05) is 31.1 Å². The number of amides is 2. The molecule has 3 heterocycles. The number of nitrogens with one attached hydrogen (secondary N) is 1. The smallest absolute Gasteiger partial charge is 0.256 e. The molecular formula is C27H28FN5O2. The van der Waals surface area contributed by atoms with Gasteiger partial charge in [-0.15, -0.1) is 0 Å². The molecule has 35 heavy (non-hydrogen) atoms. The second-order valence-electron chi connectivity index (χ2n) is 9.55. The van der Waals surface area contributed by atoms with Crippen LogP contribution in [0.5, 0.6) is 0 Å². The highest BCUT2D eigenvalue weighted by Gasteiger charge is 2.43. The summed E-state index contributed by atoms with van der Waals surface area (Å²) in [6.45, 7) is 8.01. The number of pyridine rings is 1. The number of rotatable bonds is 4. The van der Waals surface area contributed by atoms with E-state index in [1.54, 1.807) is 24.0 Å². The summed E-state index contributed by atoms with van der Waals surface area (Å²) in [5.74, 6) is -0.283. The molecule has 2 aliphatic heterocycles. The van der Waals surface area contributed by atoms with E-state index in [9.17, 15) is 14.0 Å². The Morgan fingerprint density at radius 1 is 1.06 bits per heavy atom. The fraction of sp³-hybridized carbons (Fsp3) is 0.333. The Kier molecular flexibility index (Phi) is 5.75. The third-order valence-corrected chi connectivity index (χ3v) is 7.10. The lowest BCUT2D eigenvalue weighted by Crippen LogP contribution is -2.49. The molecule has 0 radical (unpaired) electrons. The van der Waals surface area contributed by atoms with Crippen molar-refractivity contribution in [2.45, 2.75) is 26.3 Å². The van der Waals surface area contributed by atoms with Gasteiger partial charge < -0.3 is 15.1 Å². The van der Waals surface area contributed by atoms with Crippen molar-refractivity contribution < 1.29 is 14.0 Å². The van der Waals surface area contributed by atoms with Gasteiger partial charge in [0, 0.05) is 37.3 Å². The zero-order valence-electron chi connectivity index (χ0n) is 20.1. The van der Waals surface area contributed by atoms with Crippen molar-refractivity contribution in [1.82, 2.24) is 15.2 Å². The number of aromatic nitrogens is 1. The number of carbonyl (C=O) groups excluding carboxylic acids is 2. The minimum absolute atomic E-state index is 0.0147. The van der Waals surface area contributed by atoms with Crippen LogP contribution < -0.4 is 10.2 Å². The summed E-state index contributed by atoms with van der Waals surface area (Å²) >= 11 is 0. The van der Waals surface area contributed by atoms with Gasteiger partial charge >= 0.3 is 0 Å². The standard InChI is InChI=1S/C27H28FN5O2/c1-17(2)27(3)26(35)30-24(31-27)23-21(16-18-6-4-5-7-22(18)29-23)25(34)33-14-12-32(13-15-33)20-10-8-19(28)9-11-20/h4-11,16-17H,12-15H2,1-3H3,(H,30,31,35)/t27-/m0/s1. The van der Waals surface area contributed by atoms with Gasteiger partial charge in [0.2, 0.25) is 0 Å². The summed E-state index contributed by atoms with van der Waals surface area (Å²) in [7, 11) is 0. The van der Waals surface area contributed by atoms with E-state index in [4.69, 9.17) is 9.98 Å². The molecule has 0 saturated carbocycles. The van der Waals surface area contributed by atoms with Crippen LogP contribution in [-0.2, 0) is 4.79 Å². The van der Waals surface area contributed by atoms with Crippen LogP contribution in [0.4, 0.5) is 10.1 Å². The molecule has 7 nitrogen and oxygen atoms in total. The molecule has 1 aromatic heterocycles. The highest BCUT2D eigenvalue weighted by molar-refractivity contribution is 6.19. The molecule has 2 amide bonds. The molecule has 1 atom stereocenters. The van der Waals surface area contributed by atoms with Gasteiger partial charge in [0.1, 0.15) is 17.1 Å². The van der Waals surface area contributed by atoms with E-state index in [1.165, 1.54) is 12.1 Å². The van der Waals surface area contributed by atoms with Crippen LogP contribution in [0.15, 0.2) is 59.6 Å². The Balaban J connectivity index is 1.46. The molecule has 0 aliphatic carbocycles. The summed E-state index contributed by atoms with van der Waals surface area (Å²) in [6.07, 6.45) is 0. The molecule has 8 heteroatoms. The number of halogens is 1. The highest BCUT2D eigenvalue weighted by Crippen LogP contribution is 2.29. The molecule has 1 N–H and O–H groups in total. The van der Waals surface area contributed by atoms with Crippen LogP contribution in [0.1, 0.15) is 36.8 Å². The minimum Gasteiger partial charge on any atom is -0.368 e. The van der Waals surface area contributed by atoms with E-state index < -0.39 is 5.54 Å². The number of hydrogen-bond donors (Lipinski definition) is 1. The van der Waals surface area contributed by atoms with Crippen molar-refractivity contribution in [3.05, 3.63) is 71.7 Å². The number of carbonyl (C=O) groups is 2. The first-order valence-corrected chi connectivity index (χ1v) is 11.9. The minimum atomic E-state index is -0.913. The average Bonchev–Trinajstić information content (AvgIpc) is 3.18. The number of benzene rings is 2. The predicted octanol–water partition coefficient (Wildman–Crippen LogP) is 3.63. The Hall–Kier alpha value is -3.81. The number of amidine groups is 1. The summed E-state index contributed by atoms with van der Waals surface area (Å²) in [6, 6.07) is 15.8. The van der Waals surface area contributed by atoms with Crippen molar-refractivity contribution in [3.8, 4) is 0 Å². The monoisotopic (exact) mass is 473 g/mol. The molecule has 0 spiro atoms. The van der Waals surface area contributed by atoms with Gasteiger partial charge in [-0.1, -0.05) is 32.0 Å².